The van der Waals surface area contributed by atoms with Crippen molar-refractivity contribution in [1.29, 1.82) is 0 Å². The summed E-state index contributed by atoms with van der Waals surface area (Å²) in [5, 5.41) is 11.5. The Morgan fingerprint density at radius 2 is 1.64 bits per heavy atom. The van der Waals surface area contributed by atoms with Gasteiger partial charge in [-0.25, -0.2) is 0 Å². The van der Waals surface area contributed by atoms with Crippen molar-refractivity contribution >= 4 is 38.4 Å². The van der Waals surface area contributed by atoms with Crippen LogP contribution in [0.15, 0.2) is 85.0 Å². The second kappa shape index (κ2) is 5.96. The van der Waals surface area contributed by atoms with Gasteiger partial charge in [-0.05, 0) is 37.1 Å². The summed E-state index contributed by atoms with van der Waals surface area (Å²) in [6.07, 6.45) is 8.79. The minimum absolute atomic E-state index is 1.01. The van der Waals surface area contributed by atoms with Crippen molar-refractivity contribution in [3.63, 3.8) is 0 Å². The van der Waals surface area contributed by atoms with Crippen molar-refractivity contribution in [2.75, 3.05) is 0 Å². The number of H-pyrrole nitrogens is 1. The minimum atomic E-state index is 1.01. The van der Waals surface area contributed by atoms with Gasteiger partial charge in [0, 0.05) is 27.4 Å². The summed E-state index contributed by atoms with van der Waals surface area (Å²) in [6.45, 7) is 0. The van der Waals surface area contributed by atoms with Crippen molar-refractivity contribution in [2.45, 2.75) is 12.8 Å². The SMILES string of the molecule is C1=CCCC(n2c3ccccc3c3ccc(-c4n[nH]c5ccccc45)cc32)=C1. The maximum absolute atomic E-state index is 4.61. The number of fused-ring (bicyclic) bond motifs is 4. The third kappa shape index (κ3) is 2.20. The lowest BCUT2D eigenvalue weighted by molar-refractivity contribution is 0.979. The van der Waals surface area contributed by atoms with Gasteiger partial charge in [0.2, 0.25) is 0 Å². The van der Waals surface area contributed by atoms with Crippen LogP contribution in [0.25, 0.3) is 49.7 Å². The van der Waals surface area contributed by atoms with Crippen molar-refractivity contribution in [3.8, 4) is 11.3 Å². The van der Waals surface area contributed by atoms with E-state index in [0.717, 1.165) is 35.0 Å². The average Bonchev–Trinajstić information content (AvgIpc) is 3.33. The summed E-state index contributed by atoms with van der Waals surface area (Å²) < 4.78 is 2.42. The second-order valence-corrected chi connectivity index (χ2v) is 7.33. The molecule has 2 heterocycles. The van der Waals surface area contributed by atoms with Gasteiger partial charge in [-0.1, -0.05) is 60.7 Å². The molecule has 0 amide bonds. The summed E-state index contributed by atoms with van der Waals surface area (Å²) in [7, 11) is 0. The Morgan fingerprint density at radius 1 is 0.821 bits per heavy atom. The maximum atomic E-state index is 4.61. The van der Waals surface area contributed by atoms with Gasteiger partial charge in [-0.15, -0.1) is 0 Å². The smallest absolute Gasteiger partial charge is 0.1000 e. The fourth-order valence-electron chi connectivity index (χ4n) is 4.39. The van der Waals surface area contributed by atoms with E-state index in [2.05, 4.69) is 93.7 Å². The number of aromatic amines is 1. The molecule has 28 heavy (non-hydrogen) atoms. The number of aromatic nitrogens is 3. The van der Waals surface area contributed by atoms with E-state index in [1.165, 1.54) is 27.5 Å². The van der Waals surface area contributed by atoms with Gasteiger partial charge in [-0.2, -0.15) is 5.10 Å². The Bertz CT molecular complexity index is 1410. The van der Waals surface area contributed by atoms with Crippen LogP contribution in [0.5, 0.6) is 0 Å². The fourth-order valence-corrected chi connectivity index (χ4v) is 4.39. The zero-order chi connectivity index (χ0) is 18.5. The number of nitrogens with zero attached hydrogens (tertiary/aromatic N) is 2. The molecule has 1 aliphatic rings. The average molecular weight is 361 g/mol. The number of allylic oxidation sites excluding steroid dienone is 4. The molecule has 0 atom stereocenters. The highest BCUT2D eigenvalue weighted by atomic mass is 15.1. The Morgan fingerprint density at radius 3 is 2.54 bits per heavy atom. The predicted octanol–water partition coefficient (Wildman–Crippen LogP) is 6.53. The van der Waals surface area contributed by atoms with Crippen LogP contribution < -0.4 is 0 Å². The number of nitrogens with one attached hydrogen (secondary N) is 1. The van der Waals surface area contributed by atoms with Crippen LogP contribution in [-0.2, 0) is 0 Å². The van der Waals surface area contributed by atoms with E-state index in [-0.39, 0.29) is 0 Å². The predicted molar refractivity (Wildman–Crippen MR) is 117 cm³/mol. The molecule has 0 fully saturated rings. The highest BCUT2D eigenvalue weighted by Crippen LogP contribution is 2.36. The Kier molecular flexibility index (Phi) is 3.29. The molecule has 0 saturated heterocycles. The van der Waals surface area contributed by atoms with Gasteiger partial charge in [0.25, 0.3) is 0 Å². The van der Waals surface area contributed by atoms with Crippen molar-refractivity contribution in [2.24, 2.45) is 0 Å². The topological polar surface area (TPSA) is 33.6 Å². The van der Waals surface area contributed by atoms with Crippen molar-refractivity contribution < 1.29 is 0 Å². The van der Waals surface area contributed by atoms with E-state index in [9.17, 15) is 0 Å². The lowest BCUT2D eigenvalue weighted by Crippen LogP contribution is -1.98. The van der Waals surface area contributed by atoms with Crippen LogP contribution in [0.4, 0.5) is 0 Å². The van der Waals surface area contributed by atoms with Gasteiger partial charge in [0.1, 0.15) is 0 Å². The summed E-state index contributed by atoms with van der Waals surface area (Å²) >= 11 is 0. The molecule has 3 nitrogen and oxygen atoms in total. The molecule has 0 unspecified atom stereocenters. The van der Waals surface area contributed by atoms with E-state index < -0.39 is 0 Å². The quantitative estimate of drug-likeness (QED) is 0.381. The van der Waals surface area contributed by atoms with Gasteiger partial charge in [0.05, 0.1) is 22.2 Å². The van der Waals surface area contributed by atoms with Gasteiger partial charge < -0.3 is 4.57 Å². The second-order valence-electron chi connectivity index (χ2n) is 7.33. The molecule has 2 aromatic heterocycles. The van der Waals surface area contributed by atoms with Crippen molar-refractivity contribution in [3.05, 3.63) is 85.0 Å². The summed E-state index contributed by atoms with van der Waals surface area (Å²) in [4.78, 5) is 0. The van der Waals surface area contributed by atoms with E-state index in [4.69, 9.17) is 0 Å². The van der Waals surface area contributed by atoms with Crippen LogP contribution >= 0.6 is 0 Å². The summed E-state index contributed by atoms with van der Waals surface area (Å²) in [6, 6.07) is 23.7. The Hall–Kier alpha value is -3.59. The van der Waals surface area contributed by atoms with Crippen LogP contribution in [0.3, 0.4) is 0 Å². The summed E-state index contributed by atoms with van der Waals surface area (Å²) in [5.41, 5.74) is 7.07. The van der Waals surface area contributed by atoms with Gasteiger partial charge >= 0.3 is 0 Å². The molecule has 6 rings (SSSR count). The summed E-state index contributed by atoms with van der Waals surface area (Å²) in [5.74, 6) is 0. The van der Waals surface area contributed by atoms with Gasteiger partial charge in [0.15, 0.2) is 0 Å². The molecule has 3 aromatic carbocycles. The van der Waals surface area contributed by atoms with Crippen LogP contribution in [0.2, 0.25) is 0 Å². The first kappa shape index (κ1) is 15.5. The normalized spacial score (nSPS) is 14.2. The molecule has 1 aliphatic carbocycles. The number of hydrogen-bond donors (Lipinski definition) is 1. The van der Waals surface area contributed by atoms with E-state index in [1.807, 2.05) is 6.07 Å². The molecule has 3 heteroatoms. The monoisotopic (exact) mass is 361 g/mol. The highest BCUT2D eigenvalue weighted by Gasteiger charge is 2.16. The Balaban J connectivity index is 1.67. The first-order valence-corrected chi connectivity index (χ1v) is 9.73. The third-order valence-corrected chi connectivity index (χ3v) is 5.70. The molecular weight excluding hydrogens is 342 g/mol. The molecule has 0 radical (unpaired) electrons. The van der Waals surface area contributed by atoms with Crippen LogP contribution in [-0.4, -0.2) is 14.8 Å². The van der Waals surface area contributed by atoms with Crippen LogP contribution in [0, 0.1) is 0 Å². The third-order valence-electron chi connectivity index (χ3n) is 5.70. The molecule has 5 aromatic rings. The highest BCUT2D eigenvalue weighted by molar-refractivity contribution is 6.11. The fraction of sp³-hybridized carbons (Fsp3) is 0.0800. The van der Waals surface area contributed by atoms with E-state index >= 15 is 0 Å². The molecule has 0 aliphatic heterocycles. The number of para-hydroxylation sites is 2. The number of rotatable bonds is 2. The lowest BCUT2D eigenvalue weighted by atomic mass is 10.0. The zero-order valence-corrected chi connectivity index (χ0v) is 15.4. The van der Waals surface area contributed by atoms with Crippen molar-refractivity contribution in [1.82, 2.24) is 14.8 Å². The van der Waals surface area contributed by atoms with E-state index in [1.54, 1.807) is 0 Å². The molecule has 0 bridgehead atoms. The number of hydrogen-bond acceptors (Lipinski definition) is 1. The molecule has 134 valence electrons. The minimum Gasteiger partial charge on any atom is -0.313 e. The maximum Gasteiger partial charge on any atom is 0.1000 e. The van der Waals surface area contributed by atoms with Gasteiger partial charge in [-0.3, -0.25) is 5.10 Å². The zero-order valence-electron chi connectivity index (χ0n) is 15.4. The number of benzene rings is 3. The molecule has 0 saturated carbocycles. The molecule has 0 spiro atoms. The molecular formula is C25H19N3. The van der Waals surface area contributed by atoms with E-state index in [0.29, 0.717) is 0 Å². The first-order chi connectivity index (χ1) is 13.9. The Labute approximate surface area is 162 Å². The lowest BCUT2D eigenvalue weighted by Gasteiger charge is -2.14. The van der Waals surface area contributed by atoms with Crippen LogP contribution in [0.1, 0.15) is 12.8 Å². The standard InChI is InChI=1S/C25H19N3/c1-2-8-18(9-3-1)28-23-13-7-5-10-19(23)20-15-14-17(16-24(20)28)25-21-11-4-6-12-22(21)26-27-25/h1-2,4-8,10-16H,3,9H2,(H,26,27). The largest absolute Gasteiger partial charge is 0.313 e. The first-order valence-electron chi connectivity index (χ1n) is 9.73. The molecule has 1 N–H and O–H groups in total.